The Balaban J connectivity index is 2.72. The van der Waals surface area contributed by atoms with Gasteiger partial charge in [-0.15, -0.1) is 0 Å². The normalized spacial score (nSPS) is 13.6. The molecule has 0 amide bonds. The summed E-state index contributed by atoms with van der Waals surface area (Å²) in [7, 11) is 0. The van der Waals surface area contributed by atoms with Crippen molar-refractivity contribution in [3.05, 3.63) is 35.4 Å². The molecule has 0 radical (unpaired) electrons. The molecule has 194 valence electrons. The molecule has 4 nitrogen and oxygen atoms in total. The van der Waals surface area contributed by atoms with Crippen LogP contribution in [-0.2, 0) is 11.2 Å². The Labute approximate surface area is 218 Å². The van der Waals surface area contributed by atoms with E-state index in [0.29, 0.717) is 0 Å². The van der Waals surface area contributed by atoms with E-state index in [1.165, 1.54) is 55.0 Å². The minimum atomic E-state index is 0.188. The van der Waals surface area contributed by atoms with E-state index in [2.05, 4.69) is 46.8 Å². The molecule has 0 aliphatic heterocycles. The quantitative estimate of drug-likeness (QED) is 0.218. The van der Waals surface area contributed by atoms with E-state index in [4.69, 9.17) is 0 Å². The summed E-state index contributed by atoms with van der Waals surface area (Å²) in [5, 5.41) is 0.403. The van der Waals surface area contributed by atoms with Gasteiger partial charge in [0.05, 0.1) is 63.9 Å². The lowest BCUT2D eigenvalue weighted by molar-refractivity contribution is -0.926. The molecule has 0 saturated carbocycles. The number of quaternary nitrogens is 2. The van der Waals surface area contributed by atoms with E-state index in [-0.39, 0.29) is 10.2 Å². The molecule has 0 aliphatic carbocycles. The molecule has 0 heterocycles. The molecular formula is C28H50N2O2S2+2. The minimum Gasteiger partial charge on any atom is -0.324 e. The molecule has 0 bridgehead atoms. The first-order valence-corrected chi connectivity index (χ1v) is 15.4. The maximum atomic E-state index is 12.7. The van der Waals surface area contributed by atoms with Gasteiger partial charge in [-0.1, -0.05) is 68.1 Å². The van der Waals surface area contributed by atoms with Crippen LogP contribution in [0.4, 0.5) is 0 Å². The van der Waals surface area contributed by atoms with Gasteiger partial charge in [0.25, 0.3) is 0 Å². The van der Waals surface area contributed by atoms with E-state index in [9.17, 15) is 9.59 Å². The predicted molar refractivity (Wildman–Crippen MR) is 152 cm³/mol. The fourth-order valence-corrected chi connectivity index (χ4v) is 6.49. The molecule has 0 aliphatic rings. The van der Waals surface area contributed by atoms with Crippen molar-refractivity contribution in [3.63, 3.8) is 0 Å². The Morgan fingerprint density at radius 1 is 0.706 bits per heavy atom. The number of hydrogen-bond donors (Lipinski definition) is 0. The first-order chi connectivity index (χ1) is 16.3. The Morgan fingerprint density at radius 2 is 1.29 bits per heavy atom. The molecule has 6 heteroatoms. The zero-order valence-corrected chi connectivity index (χ0v) is 24.4. The van der Waals surface area contributed by atoms with E-state index in [1.807, 2.05) is 12.1 Å². The summed E-state index contributed by atoms with van der Waals surface area (Å²) in [6.07, 6.45) is 4.60. The lowest BCUT2D eigenvalue weighted by Crippen LogP contribution is -2.52. The van der Waals surface area contributed by atoms with E-state index < -0.39 is 0 Å². The topological polar surface area (TPSA) is 34.1 Å². The van der Waals surface area contributed by atoms with Gasteiger partial charge in [-0.2, -0.15) is 0 Å². The van der Waals surface area contributed by atoms with Crippen molar-refractivity contribution in [3.8, 4) is 0 Å². The smallest absolute Gasteiger partial charge is 0.219 e. The van der Waals surface area contributed by atoms with Crippen molar-refractivity contribution in [2.24, 2.45) is 0 Å². The van der Waals surface area contributed by atoms with Gasteiger partial charge in [-0.05, 0) is 39.2 Å². The summed E-state index contributed by atoms with van der Waals surface area (Å²) in [5.41, 5.74) is 2.11. The average Bonchev–Trinajstić information content (AvgIpc) is 2.84. The van der Waals surface area contributed by atoms with Crippen LogP contribution in [0.3, 0.4) is 0 Å². The first-order valence-electron chi connectivity index (χ1n) is 13.4. The Bertz CT molecular complexity index is 711. The van der Waals surface area contributed by atoms with Crippen molar-refractivity contribution in [1.29, 1.82) is 0 Å². The second-order valence-electron chi connectivity index (χ2n) is 9.53. The van der Waals surface area contributed by atoms with Crippen LogP contribution in [-0.4, -0.2) is 83.1 Å². The van der Waals surface area contributed by atoms with Crippen molar-refractivity contribution >= 4 is 33.8 Å². The number of unbranched alkanes of at least 4 members (excludes halogenated alkanes) is 1. The van der Waals surface area contributed by atoms with Crippen molar-refractivity contribution in [1.82, 2.24) is 0 Å². The number of nitrogens with zero attached hydrogens (tertiary/aromatic N) is 2. The largest absolute Gasteiger partial charge is 0.324 e. The minimum absolute atomic E-state index is 0.188. The van der Waals surface area contributed by atoms with Gasteiger partial charge in [-0.25, -0.2) is 0 Å². The zero-order chi connectivity index (χ0) is 25.5. The zero-order valence-electron chi connectivity index (χ0n) is 22.7. The number of benzene rings is 1. The number of hydrogen-bond acceptors (Lipinski definition) is 4. The molecule has 0 saturated heterocycles. The monoisotopic (exact) mass is 510 g/mol. The second kappa shape index (κ2) is 16.8. The van der Waals surface area contributed by atoms with Crippen LogP contribution in [0.1, 0.15) is 76.7 Å². The van der Waals surface area contributed by atoms with Crippen LogP contribution in [0.15, 0.2) is 24.3 Å². The van der Waals surface area contributed by atoms with Crippen molar-refractivity contribution in [2.75, 3.05) is 63.9 Å². The number of carbonyl (C=O) groups excluding carboxylic acids is 2. The Kier molecular flexibility index (Phi) is 15.4. The predicted octanol–water partition coefficient (Wildman–Crippen LogP) is 6.29. The van der Waals surface area contributed by atoms with Crippen LogP contribution >= 0.6 is 23.5 Å². The molecular weight excluding hydrogens is 460 g/mol. The lowest BCUT2D eigenvalue weighted by Gasteiger charge is -2.39. The highest BCUT2D eigenvalue weighted by molar-refractivity contribution is 8.14. The lowest BCUT2D eigenvalue weighted by atomic mass is 10.1. The Hall–Kier alpha value is -0.820. The summed E-state index contributed by atoms with van der Waals surface area (Å²) in [5.74, 6) is 1.78. The maximum Gasteiger partial charge on any atom is 0.219 e. The summed E-state index contributed by atoms with van der Waals surface area (Å²) in [6.45, 7) is 21.8. The van der Waals surface area contributed by atoms with Crippen LogP contribution in [0.25, 0.3) is 0 Å². The third-order valence-corrected chi connectivity index (χ3v) is 9.11. The summed E-state index contributed by atoms with van der Waals surface area (Å²) in [6, 6.07) is 8.31. The SMILES string of the molecule is CCCC[N+](CCC)(CCSC(C)=O)CCc1ccc(C(=O)SCC[N+](CC)(CC)CC)cc1. The molecule has 0 fully saturated rings. The molecule has 34 heavy (non-hydrogen) atoms. The van der Waals surface area contributed by atoms with E-state index >= 15 is 0 Å². The molecule has 1 unspecified atom stereocenters. The van der Waals surface area contributed by atoms with Gasteiger partial charge >= 0.3 is 0 Å². The van der Waals surface area contributed by atoms with E-state index in [1.54, 1.807) is 6.92 Å². The highest BCUT2D eigenvalue weighted by Gasteiger charge is 2.26. The van der Waals surface area contributed by atoms with Gasteiger partial charge in [0.1, 0.15) is 0 Å². The number of rotatable bonds is 18. The third-order valence-electron chi connectivity index (χ3n) is 7.43. The Morgan fingerprint density at radius 3 is 1.82 bits per heavy atom. The fourth-order valence-electron chi connectivity index (χ4n) is 4.76. The molecule has 0 spiro atoms. The maximum absolute atomic E-state index is 12.7. The first kappa shape index (κ1) is 31.2. The van der Waals surface area contributed by atoms with Gasteiger partial charge in [-0.3, -0.25) is 9.59 Å². The molecule has 1 rings (SSSR count). The second-order valence-corrected chi connectivity index (χ2v) is 11.9. The van der Waals surface area contributed by atoms with Crippen LogP contribution in [0.2, 0.25) is 0 Å². The van der Waals surface area contributed by atoms with E-state index in [0.717, 1.165) is 78.1 Å². The number of carbonyl (C=O) groups is 2. The summed E-state index contributed by atoms with van der Waals surface area (Å²) >= 11 is 2.93. The average molecular weight is 511 g/mol. The molecule has 1 aromatic rings. The van der Waals surface area contributed by atoms with Gasteiger partial charge in [0, 0.05) is 18.9 Å². The fraction of sp³-hybridized carbons (Fsp3) is 0.714. The van der Waals surface area contributed by atoms with Crippen LogP contribution in [0.5, 0.6) is 0 Å². The molecule has 0 N–H and O–H groups in total. The summed E-state index contributed by atoms with van der Waals surface area (Å²) < 4.78 is 2.17. The van der Waals surface area contributed by atoms with Gasteiger partial charge < -0.3 is 8.97 Å². The highest BCUT2D eigenvalue weighted by Crippen LogP contribution is 2.19. The van der Waals surface area contributed by atoms with Crippen molar-refractivity contribution in [2.45, 2.75) is 67.2 Å². The highest BCUT2D eigenvalue weighted by atomic mass is 32.2. The number of thioether (sulfide) groups is 2. The summed E-state index contributed by atoms with van der Waals surface area (Å²) in [4.78, 5) is 24.2. The van der Waals surface area contributed by atoms with Crippen molar-refractivity contribution < 1.29 is 18.6 Å². The third kappa shape index (κ3) is 10.8. The van der Waals surface area contributed by atoms with Gasteiger partial charge in [0.15, 0.2) is 5.12 Å². The van der Waals surface area contributed by atoms with Crippen LogP contribution in [0, 0.1) is 0 Å². The molecule has 1 aromatic carbocycles. The standard InChI is InChI=1S/C28H50N2O2S2/c1-7-12-19-30(18-8-2,22-23-33-25(6)31)20-17-26-13-15-27(16-14-26)28(32)34-24-21-29(9-3,10-4)11-5/h13-16H,7-12,17-24H2,1-6H3/q+2. The molecule has 1 atom stereocenters. The van der Waals surface area contributed by atoms with Crippen LogP contribution < -0.4 is 0 Å². The van der Waals surface area contributed by atoms with Gasteiger partial charge in [0.2, 0.25) is 5.12 Å². The molecule has 0 aromatic heterocycles.